The maximum absolute atomic E-state index is 12.6. The predicted octanol–water partition coefficient (Wildman–Crippen LogP) is 4.37. The first-order valence-electron chi connectivity index (χ1n) is 6.78. The van der Waals surface area contributed by atoms with Gasteiger partial charge in [-0.3, -0.25) is 0 Å². The summed E-state index contributed by atoms with van der Waals surface area (Å²) in [6.07, 6.45) is -2.37. The summed E-state index contributed by atoms with van der Waals surface area (Å²) in [5, 5.41) is 0. The molecule has 0 saturated carbocycles. The van der Waals surface area contributed by atoms with Crippen LogP contribution in [0.5, 0.6) is 0 Å². The van der Waals surface area contributed by atoms with Crippen LogP contribution in [0.25, 0.3) is 0 Å². The van der Waals surface area contributed by atoms with Gasteiger partial charge in [0.25, 0.3) is 0 Å². The summed E-state index contributed by atoms with van der Waals surface area (Å²) in [7, 11) is 0. The summed E-state index contributed by atoms with van der Waals surface area (Å²) >= 11 is 0. The van der Waals surface area contributed by atoms with Gasteiger partial charge in [-0.15, -0.1) is 0 Å². The summed E-state index contributed by atoms with van der Waals surface area (Å²) in [6, 6.07) is 11.0. The first-order chi connectivity index (χ1) is 9.95. The van der Waals surface area contributed by atoms with E-state index in [1.807, 2.05) is 23.1 Å². The number of nitrogens with zero attached hydrogens (tertiary/aromatic N) is 1. The van der Waals surface area contributed by atoms with Gasteiger partial charge in [-0.2, -0.15) is 13.2 Å². The van der Waals surface area contributed by atoms with E-state index in [-0.39, 0.29) is 0 Å². The van der Waals surface area contributed by atoms with Gasteiger partial charge in [-0.05, 0) is 54.8 Å². The number of alkyl halides is 3. The van der Waals surface area contributed by atoms with Crippen molar-refractivity contribution >= 4 is 17.1 Å². The van der Waals surface area contributed by atoms with Crippen LogP contribution in [0.3, 0.4) is 0 Å². The molecule has 0 fully saturated rings. The third-order valence-corrected chi connectivity index (χ3v) is 3.73. The number of nitrogens with two attached hydrogens (primary N) is 1. The molecule has 0 saturated heterocycles. The van der Waals surface area contributed by atoms with E-state index >= 15 is 0 Å². The Morgan fingerprint density at radius 3 is 2.38 bits per heavy atom. The van der Waals surface area contributed by atoms with Gasteiger partial charge in [0.05, 0.1) is 5.56 Å². The van der Waals surface area contributed by atoms with Crippen molar-refractivity contribution in [1.82, 2.24) is 0 Å². The number of halogens is 3. The Morgan fingerprint density at radius 1 is 1.00 bits per heavy atom. The maximum atomic E-state index is 12.6. The molecule has 0 spiro atoms. The van der Waals surface area contributed by atoms with Crippen molar-refractivity contribution in [3.05, 3.63) is 53.6 Å². The molecule has 0 radical (unpaired) electrons. The molecule has 0 atom stereocenters. The van der Waals surface area contributed by atoms with Crippen LogP contribution in [0, 0.1) is 0 Å². The number of aryl methyl sites for hydroxylation is 1. The highest BCUT2D eigenvalue weighted by Gasteiger charge is 2.30. The molecular weight excluding hydrogens is 277 g/mol. The van der Waals surface area contributed by atoms with Gasteiger partial charge in [0, 0.05) is 23.6 Å². The topological polar surface area (TPSA) is 29.3 Å². The standard InChI is InChI=1S/C16H15F3N2/c17-16(18,19)12-4-7-14(8-5-12)21-9-1-2-11-3-6-13(20)10-15(11)21/h3-8,10H,1-2,9,20H2. The van der Waals surface area contributed by atoms with Gasteiger partial charge in [0.2, 0.25) is 0 Å². The molecule has 21 heavy (non-hydrogen) atoms. The second-order valence-electron chi connectivity index (χ2n) is 5.19. The number of hydrogen-bond acceptors (Lipinski definition) is 2. The summed E-state index contributed by atoms with van der Waals surface area (Å²) in [5.74, 6) is 0. The van der Waals surface area contributed by atoms with Crippen molar-refractivity contribution in [2.75, 3.05) is 17.2 Å². The summed E-state index contributed by atoms with van der Waals surface area (Å²) in [5.41, 5.74) is 8.78. The van der Waals surface area contributed by atoms with Gasteiger partial charge in [-0.1, -0.05) is 6.07 Å². The van der Waals surface area contributed by atoms with Crippen molar-refractivity contribution in [3.8, 4) is 0 Å². The molecule has 1 heterocycles. The minimum Gasteiger partial charge on any atom is -0.399 e. The second kappa shape index (κ2) is 4.98. The molecule has 3 rings (SSSR count). The summed E-state index contributed by atoms with van der Waals surface area (Å²) in [6.45, 7) is 0.780. The third-order valence-electron chi connectivity index (χ3n) is 3.73. The van der Waals surface area contributed by atoms with Crippen LogP contribution in [0.4, 0.5) is 30.2 Å². The fourth-order valence-corrected chi connectivity index (χ4v) is 2.69. The number of nitrogen functional groups attached to an aromatic ring is 1. The zero-order valence-electron chi connectivity index (χ0n) is 11.3. The summed E-state index contributed by atoms with van der Waals surface area (Å²) < 4.78 is 37.9. The molecule has 1 aliphatic rings. The zero-order valence-corrected chi connectivity index (χ0v) is 11.3. The monoisotopic (exact) mass is 292 g/mol. The van der Waals surface area contributed by atoms with E-state index in [1.54, 1.807) is 0 Å². The van der Waals surface area contributed by atoms with Gasteiger partial charge in [0.1, 0.15) is 0 Å². The minimum absolute atomic E-state index is 0.629. The first-order valence-corrected chi connectivity index (χ1v) is 6.78. The molecule has 2 aromatic carbocycles. The first kappa shape index (κ1) is 13.8. The van der Waals surface area contributed by atoms with E-state index in [4.69, 9.17) is 5.73 Å². The quantitative estimate of drug-likeness (QED) is 0.791. The summed E-state index contributed by atoms with van der Waals surface area (Å²) in [4.78, 5) is 2.02. The Bertz CT molecular complexity index is 648. The highest BCUT2D eigenvalue weighted by molar-refractivity contribution is 5.71. The van der Waals surface area contributed by atoms with E-state index in [1.165, 1.54) is 17.7 Å². The van der Waals surface area contributed by atoms with Crippen molar-refractivity contribution in [1.29, 1.82) is 0 Å². The normalized spacial score (nSPS) is 14.9. The average molecular weight is 292 g/mol. The van der Waals surface area contributed by atoms with E-state index in [9.17, 15) is 13.2 Å². The number of anilines is 3. The molecule has 1 aliphatic heterocycles. The van der Waals surface area contributed by atoms with Crippen LogP contribution >= 0.6 is 0 Å². The molecule has 2 nitrogen and oxygen atoms in total. The van der Waals surface area contributed by atoms with E-state index in [0.717, 1.165) is 42.9 Å². The molecular formula is C16H15F3N2. The van der Waals surface area contributed by atoms with E-state index in [0.29, 0.717) is 5.69 Å². The largest absolute Gasteiger partial charge is 0.416 e. The van der Waals surface area contributed by atoms with Crippen molar-refractivity contribution < 1.29 is 13.2 Å². The lowest BCUT2D eigenvalue weighted by Gasteiger charge is -2.31. The molecule has 2 N–H and O–H groups in total. The lowest BCUT2D eigenvalue weighted by atomic mass is 10.00. The molecule has 2 aromatic rings. The van der Waals surface area contributed by atoms with Crippen LogP contribution in [0.15, 0.2) is 42.5 Å². The SMILES string of the molecule is Nc1ccc2c(c1)N(c1ccc(C(F)(F)F)cc1)CCC2. The Morgan fingerprint density at radius 2 is 1.71 bits per heavy atom. The Balaban J connectivity index is 1.97. The van der Waals surface area contributed by atoms with E-state index in [2.05, 4.69) is 0 Å². The van der Waals surface area contributed by atoms with Gasteiger partial charge in [0.15, 0.2) is 0 Å². The smallest absolute Gasteiger partial charge is 0.399 e. The van der Waals surface area contributed by atoms with Crippen molar-refractivity contribution in [2.45, 2.75) is 19.0 Å². The number of rotatable bonds is 1. The lowest BCUT2D eigenvalue weighted by Crippen LogP contribution is -2.24. The molecule has 5 heteroatoms. The fourth-order valence-electron chi connectivity index (χ4n) is 2.69. The zero-order chi connectivity index (χ0) is 15.0. The van der Waals surface area contributed by atoms with Crippen LogP contribution in [-0.2, 0) is 12.6 Å². The van der Waals surface area contributed by atoms with E-state index < -0.39 is 11.7 Å². The molecule has 0 aliphatic carbocycles. The van der Waals surface area contributed by atoms with Crippen LogP contribution in [-0.4, -0.2) is 6.54 Å². The van der Waals surface area contributed by atoms with Crippen LogP contribution in [0.2, 0.25) is 0 Å². The molecule has 0 bridgehead atoms. The third kappa shape index (κ3) is 2.68. The van der Waals surface area contributed by atoms with Crippen LogP contribution < -0.4 is 10.6 Å². The number of fused-ring (bicyclic) bond motifs is 1. The predicted molar refractivity (Wildman–Crippen MR) is 77.6 cm³/mol. The Labute approximate surface area is 121 Å². The average Bonchev–Trinajstić information content (AvgIpc) is 2.46. The van der Waals surface area contributed by atoms with Gasteiger partial charge in [-0.25, -0.2) is 0 Å². The second-order valence-corrected chi connectivity index (χ2v) is 5.19. The number of benzene rings is 2. The minimum atomic E-state index is -4.30. The number of hydrogen-bond donors (Lipinski definition) is 1. The maximum Gasteiger partial charge on any atom is 0.416 e. The highest BCUT2D eigenvalue weighted by atomic mass is 19.4. The van der Waals surface area contributed by atoms with Crippen LogP contribution in [0.1, 0.15) is 17.5 Å². The van der Waals surface area contributed by atoms with Gasteiger partial charge >= 0.3 is 6.18 Å². The Kier molecular flexibility index (Phi) is 3.27. The lowest BCUT2D eigenvalue weighted by molar-refractivity contribution is -0.137. The molecule has 0 amide bonds. The molecule has 0 unspecified atom stereocenters. The van der Waals surface area contributed by atoms with Crippen molar-refractivity contribution in [3.63, 3.8) is 0 Å². The molecule has 0 aromatic heterocycles. The highest BCUT2D eigenvalue weighted by Crippen LogP contribution is 2.36. The Hall–Kier alpha value is -2.17. The fraction of sp³-hybridized carbons (Fsp3) is 0.250. The van der Waals surface area contributed by atoms with Gasteiger partial charge < -0.3 is 10.6 Å². The van der Waals surface area contributed by atoms with Crippen molar-refractivity contribution in [2.24, 2.45) is 0 Å². The molecule has 110 valence electrons.